The molecule has 1 atom stereocenters. The molecule has 0 saturated carbocycles. The zero-order chi connectivity index (χ0) is 13.5. The van der Waals surface area contributed by atoms with Crippen molar-refractivity contribution >= 4 is 11.8 Å². The van der Waals surface area contributed by atoms with E-state index in [0.29, 0.717) is 23.2 Å². The predicted molar refractivity (Wildman–Crippen MR) is 76.7 cm³/mol. The first-order valence-corrected chi connectivity index (χ1v) is 7.22. The third-order valence-corrected chi connectivity index (χ3v) is 3.98. The number of hydrogen-bond donors (Lipinski definition) is 1. The Kier molecular flexibility index (Phi) is 6.36. The van der Waals surface area contributed by atoms with Gasteiger partial charge in [0.15, 0.2) is 0 Å². The van der Waals surface area contributed by atoms with Crippen LogP contribution in [0.25, 0.3) is 0 Å². The van der Waals surface area contributed by atoms with Crippen molar-refractivity contribution in [3.63, 3.8) is 0 Å². The van der Waals surface area contributed by atoms with Crippen molar-refractivity contribution in [3.8, 4) is 11.5 Å². The molecule has 0 radical (unpaired) electrons. The first-order chi connectivity index (χ1) is 8.60. The molecule has 4 heteroatoms. The van der Waals surface area contributed by atoms with Crippen molar-refractivity contribution in [1.29, 1.82) is 0 Å². The number of ether oxygens (including phenoxy) is 2. The minimum absolute atomic E-state index is 0.570. The molecule has 1 aromatic rings. The molecule has 1 N–H and O–H groups in total. The van der Waals surface area contributed by atoms with Crippen LogP contribution in [0.3, 0.4) is 0 Å². The van der Waals surface area contributed by atoms with Gasteiger partial charge in [-0.2, -0.15) is 11.8 Å². The highest BCUT2D eigenvalue weighted by atomic mass is 32.2. The molecule has 102 valence electrons. The molecule has 0 bridgehead atoms. The lowest BCUT2D eigenvalue weighted by Crippen LogP contribution is -2.07. The van der Waals surface area contributed by atoms with Gasteiger partial charge in [-0.05, 0) is 23.8 Å². The van der Waals surface area contributed by atoms with Gasteiger partial charge < -0.3 is 14.6 Å². The van der Waals surface area contributed by atoms with E-state index in [1.165, 1.54) is 0 Å². The molecule has 0 aliphatic heterocycles. The molecule has 0 fully saturated rings. The van der Waals surface area contributed by atoms with Crippen LogP contribution in [0.15, 0.2) is 18.2 Å². The van der Waals surface area contributed by atoms with Crippen LogP contribution in [0, 0.1) is 5.92 Å². The maximum atomic E-state index is 10.3. The largest absolute Gasteiger partial charge is 0.496 e. The summed E-state index contributed by atoms with van der Waals surface area (Å²) in [6, 6.07) is 5.54. The molecule has 0 heterocycles. The Morgan fingerprint density at radius 2 is 1.67 bits per heavy atom. The minimum Gasteiger partial charge on any atom is -0.496 e. The van der Waals surface area contributed by atoms with E-state index in [9.17, 15) is 5.11 Å². The normalized spacial score (nSPS) is 12.6. The van der Waals surface area contributed by atoms with Gasteiger partial charge in [-0.3, -0.25) is 0 Å². The second kappa shape index (κ2) is 7.54. The number of methoxy groups -OCH3 is 2. The fourth-order valence-electron chi connectivity index (χ4n) is 1.71. The summed E-state index contributed by atoms with van der Waals surface area (Å²) in [6.07, 6.45) is -0.570. The Hall–Kier alpha value is -0.870. The van der Waals surface area contributed by atoms with E-state index in [1.807, 2.05) is 18.2 Å². The summed E-state index contributed by atoms with van der Waals surface area (Å²) in [5.41, 5.74) is 0.735. The first kappa shape index (κ1) is 15.2. The van der Waals surface area contributed by atoms with Crippen molar-refractivity contribution in [1.82, 2.24) is 0 Å². The third kappa shape index (κ3) is 4.10. The van der Waals surface area contributed by atoms with Crippen LogP contribution < -0.4 is 9.47 Å². The molecule has 1 aromatic carbocycles. The van der Waals surface area contributed by atoms with E-state index in [-0.39, 0.29) is 0 Å². The predicted octanol–water partition coefficient (Wildman–Crippen LogP) is 3.13. The van der Waals surface area contributed by atoms with Gasteiger partial charge in [-0.15, -0.1) is 0 Å². The highest BCUT2D eigenvalue weighted by Gasteiger charge is 2.18. The Morgan fingerprint density at radius 3 is 2.11 bits per heavy atom. The van der Waals surface area contributed by atoms with E-state index in [4.69, 9.17) is 9.47 Å². The van der Waals surface area contributed by atoms with Crippen molar-refractivity contribution in [3.05, 3.63) is 23.8 Å². The number of thioether (sulfide) groups is 1. The van der Waals surface area contributed by atoms with Crippen LogP contribution >= 0.6 is 11.8 Å². The lowest BCUT2D eigenvalue weighted by Gasteiger charge is -2.18. The zero-order valence-corrected chi connectivity index (χ0v) is 12.3. The van der Waals surface area contributed by atoms with E-state index < -0.39 is 6.10 Å². The summed E-state index contributed by atoms with van der Waals surface area (Å²) < 4.78 is 10.6. The zero-order valence-electron chi connectivity index (χ0n) is 11.5. The van der Waals surface area contributed by atoms with Gasteiger partial charge in [0.05, 0.1) is 25.9 Å². The molecule has 0 aliphatic rings. The summed E-state index contributed by atoms with van der Waals surface area (Å²) in [5.74, 6) is 3.66. The monoisotopic (exact) mass is 270 g/mol. The Labute approximate surface area is 113 Å². The molecule has 0 saturated heterocycles. The van der Waals surface area contributed by atoms with E-state index >= 15 is 0 Å². The highest BCUT2D eigenvalue weighted by molar-refractivity contribution is 7.99. The van der Waals surface area contributed by atoms with Crippen molar-refractivity contribution in [2.75, 3.05) is 25.7 Å². The molecule has 1 rings (SSSR count). The second-order valence-corrected chi connectivity index (χ2v) is 5.60. The topological polar surface area (TPSA) is 38.7 Å². The van der Waals surface area contributed by atoms with E-state index in [1.54, 1.807) is 26.0 Å². The fraction of sp³-hybridized carbons (Fsp3) is 0.571. The molecule has 0 amide bonds. The molecule has 0 spiro atoms. The summed E-state index contributed by atoms with van der Waals surface area (Å²) in [5, 5.41) is 10.3. The highest BCUT2D eigenvalue weighted by Crippen LogP contribution is 2.35. The SMILES string of the molecule is COc1cccc(OC)c1C(O)CSCC(C)C. The van der Waals surface area contributed by atoms with Crippen LogP contribution in [-0.2, 0) is 0 Å². The molecular weight excluding hydrogens is 248 g/mol. The number of benzene rings is 1. The summed E-state index contributed by atoms with van der Waals surface area (Å²) in [7, 11) is 3.21. The van der Waals surface area contributed by atoms with Gasteiger partial charge in [0, 0.05) is 5.75 Å². The molecule has 0 aliphatic carbocycles. The maximum absolute atomic E-state index is 10.3. The third-order valence-electron chi connectivity index (χ3n) is 2.53. The van der Waals surface area contributed by atoms with Crippen LogP contribution in [0.2, 0.25) is 0 Å². The second-order valence-electron chi connectivity index (χ2n) is 4.52. The van der Waals surface area contributed by atoms with Gasteiger partial charge in [-0.25, -0.2) is 0 Å². The number of aliphatic hydroxyl groups excluding tert-OH is 1. The van der Waals surface area contributed by atoms with Crippen LogP contribution in [0.5, 0.6) is 11.5 Å². The van der Waals surface area contributed by atoms with E-state index in [2.05, 4.69) is 13.8 Å². The summed E-state index contributed by atoms with van der Waals surface area (Å²) in [4.78, 5) is 0. The Morgan fingerprint density at radius 1 is 1.11 bits per heavy atom. The van der Waals surface area contributed by atoms with Gasteiger partial charge in [0.25, 0.3) is 0 Å². The van der Waals surface area contributed by atoms with Crippen LogP contribution in [-0.4, -0.2) is 30.8 Å². The Bertz CT molecular complexity index is 344. The first-order valence-electron chi connectivity index (χ1n) is 6.06. The average Bonchev–Trinajstić information content (AvgIpc) is 2.36. The number of rotatable bonds is 7. The molecule has 1 unspecified atom stereocenters. The van der Waals surface area contributed by atoms with Crippen molar-refractivity contribution in [2.45, 2.75) is 20.0 Å². The quantitative estimate of drug-likeness (QED) is 0.826. The molecule has 3 nitrogen and oxygen atoms in total. The standard InChI is InChI=1S/C14H22O3S/c1-10(2)8-18-9-11(15)14-12(16-3)6-5-7-13(14)17-4/h5-7,10-11,15H,8-9H2,1-4H3. The Balaban J connectivity index is 2.79. The fourth-order valence-corrected chi connectivity index (χ4v) is 2.70. The summed E-state index contributed by atoms with van der Waals surface area (Å²) >= 11 is 1.74. The van der Waals surface area contributed by atoms with Crippen LogP contribution in [0.1, 0.15) is 25.5 Å². The molecular formula is C14H22O3S. The lowest BCUT2D eigenvalue weighted by molar-refractivity contribution is 0.193. The number of hydrogen-bond acceptors (Lipinski definition) is 4. The van der Waals surface area contributed by atoms with Gasteiger partial charge in [0.2, 0.25) is 0 Å². The summed E-state index contributed by atoms with van der Waals surface area (Å²) in [6.45, 7) is 4.34. The van der Waals surface area contributed by atoms with Crippen molar-refractivity contribution in [2.24, 2.45) is 5.92 Å². The van der Waals surface area contributed by atoms with Gasteiger partial charge in [0.1, 0.15) is 11.5 Å². The van der Waals surface area contributed by atoms with Crippen LogP contribution in [0.4, 0.5) is 0 Å². The molecule has 0 aromatic heterocycles. The molecule has 18 heavy (non-hydrogen) atoms. The minimum atomic E-state index is -0.570. The smallest absolute Gasteiger partial charge is 0.128 e. The van der Waals surface area contributed by atoms with Gasteiger partial charge in [-0.1, -0.05) is 19.9 Å². The van der Waals surface area contributed by atoms with Crippen molar-refractivity contribution < 1.29 is 14.6 Å². The maximum Gasteiger partial charge on any atom is 0.128 e. The average molecular weight is 270 g/mol. The number of aliphatic hydroxyl groups is 1. The lowest BCUT2D eigenvalue weighted by atomic mass is 10.1. The van der Waals surface area contributed by atoms with E-state index in [0.717, 1.165) is 11.3 Å². The van der Waals surface area contributed by atoms with Gasteiger partial charge >= 0.3 is 0 Å².